The van der Waals surface area contributed by atoms with Crippen molar-refractivity contribution in [3.05, 3.63) is 77.9 Å². The molecule has 3 rings (SSSR count). The summed E-state index contributed by atoms with van der Waals surface area (Å²) in [6.45, 7) is 0.153. The molecule has 0 aliphatic carbocycles. The Morgan fingerprint density at radius 2 is 1.69 bits per heavy atom. The van der Waals surface area contributed by atoms with Crippen LogP contribution < -0.4 is 0 Å². The van der Waals surface area contributed by atoms with E-state index in [0.29, 0.717) is 11.1 Å². The normalized spacial score (nSPS) is 11.7. The van der Waals surface area contributed by atoms with Crippen LogP contribution in [0.1, 0.15) is 15.9 Å². The Kier molecular flexibility index (Phi) is 5.06. The molecule has 0 atom stereocenters. The first-order valence-corrected chi connectivity index (χ1v) is 9.48. The second-order valence-corrected chi connectivity index (χ2v) is 8.01. The Hall–Kier alpha value is -2.70. The highest BCUT2D eigenvalue weighted by Gasteiger charge is 2.21. The molecular weight excluding hydrogens is 350 g/mol. The number of rotatable bonds is 5. The predicted octanol–water partition coefficient (Wildman–Crippen LogP) is 3.45. The number of carbonyl (C=O) groups excluding carboxylic acids is 1. The molecule has 0 saturated heterocycles. The number of sulfonamides is 1. The van der Waals surface area contributed by atoms with Crippen LogP contribution in [0.3, 0.4) is 0 Å². The minimum atomic E-state index is -3.65. The number of methoxy groups -OCH3 is 1. The van der Waals surface area contributed by atoms with Crippen molar-refractivity contribution in [2.75, 3.05) is 14.2 Å². The summed E-state index contributed by atoms with van der Waals surface area (Å²) < 4.78 is 31.8. The molecule has 26 heavy (non-hydrogen) atoms. The minimum Gasteiger partial charge on any atom is -0.465 e. The second kappa shape index (κ2) is 7.27. The van der Waals surface area contributed by atoms with E-state index in [1.54, 1.807) is 42.5 Å². The second-order valence-electron chi connectivity index (χ2n) is 5.96. The van der Waals surface area contributed by atoms with Crippen LogP contribution in [0.5, 0.6) is 0 Å². The summed E-state index contributed by atoms with van der Waals surface area (Å²) in [5.41, 5.74) is 1.10. The maximum atomic E-state index is 12.9. The molecule has 0 N–H and O–H groups in total. The van der Waals surface area contributed by atoms with Crippen molar-refractivity contribution in [2.45, 2.75) is 11.4 Å². The third kappa shape index (κ3) is 3.61. The van der Waals surface area contributed by atoms with Gasteiger partial charge in [-0.15, -0.1) is 0 Å². The van der Waals surface area contributed by atoms with Gasteiger partial charge in [-0.25, -0.2) is 13.2 Å². The van der Waals surface area contributed by atoms with Gasteiger partial charge in [-0.3, -0.25) is 0 Å². The Bertz CT molecular complexity index is 1060. The number of hydrogen-bond acceptors (Lipinski definition) is 4. The summed E-state index contributed by atoms with van der Waals surface area (Å²) in [6, 6.07) is 19.4. The van der Waals surface area contributed by atoms with Crippen LogP contribution in [0.15, 0.2) is 71.6 Å². The highest BCUT2D eigenvalue weighted by molar-refractivity contribution is 7.89. The van der Waals surface area contributed by atoms with Crippen molar-refractivity contribution in [1.82, 2.24) is 4.31 Å². The Labute approximate surface area is 152 Å². The highest BCUT2D eigenvalue weighted by atomic mass is 32.2. The smallest absolute Gasteiger partial charge is 0.337 e. The molecule has 0 fully saturated rings. The molecule has 0 heterocycles. The number of nitrogens with zero attached hydrogens (tertiary/aromatic N) is 1. The Balaban J connectivity index is 1.88. The summed E-state index contributed by atoms with van der Waals surface area (Å²) in [7, 11) is -0.816. The fourth-order valence-electron chi connectivity index (χ4n) is 2.76. The van der Waals surface area contributed by atoms with Crippen LogP contribution in [0, 0.1) is 0 Å². The first-order chi connectivity index (χ1) is 12.4. The molecule has 0 aromatic heterocycles. The molecule has 0 spiro atoms. The Morgan fingerprint density at radius 3 is 2.42 bits per heavy atom. The lowest BCUT2D eigenvalue weighted by Gasteiger charge is -2.18. The van der Waals surface area contributed by atoms with Crippen LogP contribution in [-0.2, 0) is 21.3 Å². The molecule has 5 nitrogen and oxygen atoms in total. The van der Waals surface area contributed by atoms with E-state index < -0.39 is 16.0 Å². The SMILES string of the molecule is COC(=O)c1cccc(CN(C)S(=O)(=O)c2ccc3ccccc3c2)c1. The van der Waals surface area contributed by atoms with E-state index in [2.05, 4.69) is 0 Å². The molecule has 0 bridgehead atoms. The Morgan fingerprint density at radius 1 is 0.962 bits per heavy atom. The molecule has 0 radical (unpaired) electrons. The average molecular weight is 369 g/mol. The van der Waals surface area contributed by atoms with E-state index >= 15 is 0 Å². The molecule has 3 aromatic carbocycles. The topological polar surface area (TPSA) is 63.7 Å². The van der Waals surface area contributed by atoms with Gasteiger partial charge in [0.2, 0.25) is 10.0 Å². The standard InChI is InChI=1S/C20H19NO4S/c1-21(14-15-6-5-9-18(12-15)20(22)25-2)26(23,24)19-11-10-16-7-3-4-8-17(16)13-19/h3-13H,14H2,1-2H3. The lowest BCUT2D eigenvalue weighted by Crippen LogP contribution is -2.26. The molecule has 0 aliphatic rings. The summed E-state index contributed by atoms with van der Waals surface area (Å²) in [5.74, 6) is -0.452. The molecule has 0 saturated carbocycles. The van der Waals surface area contributed by atoms with Gasteiger partial charge in [0.1, 0.15) is 0 Å². The number of carbonyl (C=O) groups is 1. The zero-order valence-electron chi connectivity index (χ0n) is 14.5. The number of fused-ring (bicyclic) bond motifs is 1. The van der Waals surface area contributed by atoms with E-state index in [-0.39, 0.29) is 11.4 Å². The molecule has 0 unspecified atom stereocenters. The lowest BCUT2D eigenvalue weighted by molar-refractivity contribution is 0.0600. The zero-order valence-corrected chi connectivity index (χ0v) is 15.4. The van der Waals surface area contributed by atoms with Gasteiger partial charge in [0.05, 0.1) is 17.6 Å². The molecule has 6 heteroatoms. The molecule has 0 amide bonds. The van der Waals surface area contributed by atoms with Crippen molar-refractivity contribution >= 4 is 26.8 Å². The minimum absolute atomic E-state index is 0.153. The number of ether oxygens (including phenoxy) is 1. The monoisotopic (exact) mass is 369 g/mol. The van der Waals surface area contributed by atoms with Crippen LogP contribution in [-0.4, -0.2) is 32.8 Å². The van der Waals surface area contributed by atoms with Crippen LogP contribution >= 0.6 is 0 Å². The summed E-state index contributed by atoms with van der Waals surface area (Å²) >= 11 is 0. The highest BCUT2D eigenvalue weighted by Crippen LogP contribution is 2.22. The van der Waals surface area contributed by atoms with Crippen molar-refractivity contribution in [1.29, 1.82) is 0 Å². The molecular formula is C20H19NO4S. The van der Waals surface area contributed by atoms with Crippen LogP contribution in [0.2, 0.25) is 0 Å². The van der Waals surface area contributed by atoms with Crippen LogP contribution in [0.25, 0.3) is 10.8 Å². The first-order valence-electron chi connectivity index (χ1n) is 8.04. The van der Waals surface area contributed by atoms with Gasteiger partial charge in [0.15, 0.2) is 0 Å². The van der Waals surface area contributed by atoms with E-state index in [1.165, 1.54) is 18.5 Å². The van der Waals surface area contributed by atoms with Gasteiger partial charge in [-0.2, -0.15) is 4.31 Å². The number of benzene rings is 3. The summed E-state index contributed by atoms with van der Waals surface area (Å²) in [6.07, 6.45) is 0. The van der Waals surface area contributed by atoms with Gasteiger partial charge in [0, 0.05) is 13.6 Å². The quantitative estimate of drug-likeness (QED) is 0.646. The van der Waals surface area contributed by atoms with Gasteiger partial charge in [-0.1, -0.05) is 42.5 Å². The van der Waals surface area contributed by atoms with E-state index in [0.717, 1.165) is 10.8 Å². The van der Waals surface area contributed by atoms with E-state index in [4.69, 9.17) is 4.74 Å². The fourth-order valence-corrected chi connectivity index (χ4v) is 3.96. The maximum absolute atomic E-state index is 12.9. The van der Waals surface area contributed by atoms with Crippen molar-refractivity contribution in [3.63, 3.8) is 0 Å². The maximum Gasteiger partial charge on any atom is 0.337 e. The van der Waals surface area contributed by atoms with E-state index in [1.807, 2.05) is 24.3 Å². The van der Waals surface area contributed by atoms with Crippen molar-refractivity contribution < 1.29 is 17.9 Å². The fraction of sp³-hybridized carbons (Fsp3) is 0.150. The number of esters is 1. The van der Waals surface area contributed by atoms with Crippen LogP contribution in [0.4, 0.5) is 0 Å². The molecule has 3 aromatic rings. The predicted molar refractivity (Wildman–Crippen MR) is 100 cm³/mol. The molecule has 0 aliphatic heterocycles. The van der Waals surface area contributed by atoms with Crippen molar-refractivity contribution in [2.24, 2.45) is 0 Å². The van der Waals surface area contributed by atoms with Gasteiger partial charge in [-0.05, 0) is 40.6 Å². The third-order valence-corrected chi connectivity index (χ3v) is 5.98. The first kappa shape index (κ1) is 18.1. The third-order valence-electron chi connectivity index (χ3n) is 4.18. The summed E-state index contributed by atoms with van der Waals surface area (Å²) in [4.78, 5) is 11.9. The van der Waals surface area contributed by atoms with Gasteiger partial charge < -0.3 is 4.74 Å². The average Bonchev–Trinajstić information content (AvgIpc) is 2.67. The largest absolute Gasteiger partial charge is 0.465 e. The number of hydrogen-bond donors (Lipinski definition) is 0. The molecule has 134 valence electrons. The van der Waals surface area contributed by atoms with E-state index in [9.17, 15) is 13.2 Å². The van der Waals surface area contributed by atoms with Gasteiger partial charge in [0.25, 0.3) is 0 Å². The summed E-state index contributed by atoms with van der Waals surface area (Å²) in [5, 5.41) is 1.86. The zero-order chi connectivity index (χ0) is 18.7. The van der Waals surface area contributed by atoms with Crippen molar-refractivity contribution in [3.8, 4) is 0 Å². The lowest BCUT2D eigenvalue weighted by atomic mass is 10.1. The van der Waals surface area contributed by atoms with Gasteiger partial charge >= 0.3 is 5.97 Å².